The summed E-state index contributed by atoms with van der Waals surface area (Å²) >= 11 is 0. The number of aliphatic hydroxyl groups excluding tert-OH is 1. The standard InChI is InChI=1S/C17H21NO5/c1-18-11-8-12(19)15(18)14(17(21)22-2)13(9-11)23-16(20)10-6-4-3-5-7-10/h3-7,11-15,19H,8-9H2,1-2H3/t11-,12+,13-,14+,15+/m0/s1. The van der Waals surface area contributed by atoms with Crippen molar-refractivity contribution < 1.29 is 24.2 Å². The molecule has 0 amide bonds. The Labute approximate surface area is 135 Å². The number of fused-ring (bicyclic) bond motifs is 2. The van der Waals surface area contributed by atoms with Crippen LogP contribution in [0.3, 0.4) is 0 Å². The van der Waals surface area contributed by atoms with E-state index in [2.05, 4.69) is 0 Å². The highest BCUT2D eigenvalue weighted by atomic mass is 16.6. The largest absolute Gasteiger partial charge is 0.469 e. The van der Waals surface area contributed by atoms with E-state index in [1.807, 2.05) is 18.0 Å². The molecule has 1 aromatic rings. The van der Waals surface area contributed by atoms with E-state index in [1.54, 1.807) is 24.3 Å². The summed E-state index contributed by atoms with van der Waals surface area (Å²) in [6.07, 6.45) is -0.107. The molecule has 0 aromatic heterocycles. The first-order valence-corrected chi connectivity index (χ1v) is 7.76. The second kappa shape index (κ2) is 6.29. The van der Waals surface area contributed by atoms with Crippen LogP contribution >= 0.6 is 0 Å². The van der Waals surface area contributed by atoms with Gasteiger partial charge in [0.05, 0.1) is 24.8 Å². The van der Waals surface area contributed by atoms with Crippen molar-refractivity contribution in [2.75, 3.05) is 14.2 Å². The van der Waals surface area contributed by atoms with Gasteiger partial charge in [0.1, 0.15) is 12.0 Å². The summed E-state index contributed by atoms with van der Waals surface area (Å²) in [5, 5.41) is 10.3. The molecule has 0 unspecified atom stereocenters. The maximum Gasteiger partial charge on any atom is 0.338 e. The first-order valence-electron chi connectivity index (χ1n) is 7.76. The molecule has 1 N–H and O–H groups in total. The number of hydrogen-bond donors (Lipinski definition) is 1. The molecule has 2 heterocycles. The number of esters is 2. The van der Waals surface area contributed by atoms with Crippen LogP contribution in [0.2, 0.25) is 0 Å². The molecule has 2 fully saturated rings. The molecule has 2 aliphatic rings. The fraction of sp³-hybridized carbons (Fsp3) is 0.529. The quantitative estimate of drug-likeness (QED) is 0.832. The lowest BCUT2D eigenvalue weighted by Crippen LogP contribution is -2.55. The van der Waals surface area contributed by atoms with E-state index in [1.165, 1.54) is 7.11 Å². The molecule has 1 aromatic carbocycles. The molecule has 6 heteroatoms. The lowest BCUT2D eigenvalue weighted by Gasteiger charge is -2.41. The van der Waals surface area contributed by atoms with Crippen LogP contribution in [0, 0.1) is 5.92 Å². The van der Waals surface area contributed by atoms with Gasteiger partial charge in [0.25, 0.3) is 0 Å². The van der Waals surface area contributed by atoms with Crippen molar-refractivity contribution in [3.63, 3.8) is 0 Å². The Morgan fingerprint density at radius 3 is 2.57 bits per heavy atom. The number of nitrogens with zero attached hydrogens (tertiary/aromatic N) is 1. The normalized spacial score (nSPS) is 33.3. The summed E-state index contributed by atoms with van der Waals surface area (Å²) in [5.74, 6) is -1.58. The van der Waals surface area contributed by atoms with E-state index in [9.17, 15) is 14.7 Å². The molecule has 5 atom stereocenters. The van der Waals surface area contributed by atoms with Gasteiger partial charge in [0.15, 0.2) is 0 Å². The highest BCUT2D eigenvalue weighted by Crippen LogP contribution is 2.40. The number of hydrogen-bond acceptors (Lipinski definition) is 6. The molecule has 0 spiro atoms. The summed E-state index contributed by atoms with van der Waals surface area (Å²) in [6, 6.07) is 8.41. The summed E-state index contributed by atoms with van der Waals surface area (Å²) in [5.41, 5.74) is 0.447. The topological polar surface area (TPSA) is 76.1 Å². The van der Waals surface area contributed by atoms with Gasteiger partial charge in [-0.25, -0.2) is 4.79 Å². The van der Waals surface area contributed by atoms with Crippen LogP contribution in [0.15, 0.2) is 30.3 Å². The predicted octanol–water partition coefficient (Wildman–Crippen LogP) is 0.838. The third-order valence-electron chi connectivity index (χ3n) is 4.97. The zero-order chi connectivity index (χ0) is 16.6. The highest BCUT2D eigenvalue weighted by Gasteiger charge is 2.55. The Morgan fingerprint density at radius 1 is 1.22 bits per heavy atom. The molecule has 2 saturated heterocycles. The van der Waals surface area contributed by atoms with Crippen molar-refractivity contribution >= 4 is 11.9 Å². The highest BCUT2D eigenvalue weighted by molar-refractivity contribution is 5.89. The third-order valence-corrected chi connectivity index (χ3v) is 4.97. The zero-order valence-electron chi connectivity index (χ0n) is 13.2. The molecule has 3 rings (SSSR count). The minimum absolute atomic E-state index is 0.101. The molecule has 2 aliphatic heterocycles. The lowest BCUT2D eigenvalue weighted by molar-refractivity contribution is -0.158. The van der Waals surface area contributed by atoms with Crippen molar-refractivity contribution in [1.82, 2.24) is 4.90 Å². The van der Waals surface area contributed by atoms with Gasteiger partial charge in [-0.3, -0.25) is 9.69 Å². The number of benzene rings is 1. The summed E-state index contributed by atoms with van der Waals surface area (Å²) in [7, 11) is 3.20. The van der Waals surface area contributed by atoms with Crippen LogP contribution in [-0.4, -0.2) is 60.4 Å². The molecule has 0 radical (unpaired) electrons. The second-order valence-corrected chi connectivity index (χ2v) is 6.21. The van der Waals surface area contributed by atoms with E-state index in [-0.39, 0.29) is 12.1 Å². The van der Waals surface area contributed by atoms with Gasteiger partial charge in [0, 0.05) is 12.5 Å². The van der Waals surface area contributed by atoms with Crippen molar-refractivity contribution in [3.05, 3.63) is 35.9 Å². The van der Waals surface area contributed by atoms with E-state index < -0.39 is 30.1 Å². The van der Waals surface area contributed by atoms with Gasteiger partial charge < -0.3 is 14.6 Å². The first kappa shape index (κ1) is 16.0. The molecule has 2 bridgehead atoms. The number of aliphatic hydroxyl groups is 1. The fourth-order valence-corrected chi connectivity index (χ4v) is 3.82. The third kappa shape index (κ3) is 2.84. The molecular formula is C17H21NO5. The van der Waals surface area contributed by atoms with Gasteiger partial charge in [-0.2, -0.15) is 0 Å². The van der Waals surface area contributed by atoms with Crippen molar-refractivity contribution in [2.24, 2.45) is 5.92 Å². The maximum atomic E-state index is 12.3. The van der Waals surface area contributed by atoms with Crippen LogP contribution in [0.5, 0.6) is 0 Å². The van der Waals surface area contributed by atoms with Crippen LogP contribution in [0.4, 0.5) is 0 Å². The van der Waals surface area contributed by atoms with Crippen LogP contribution in [0.25, 0.3) is 0 Å². The average Bonchev–Trinajstić information content (AvgIpc) is 2.74. The number of ether oxygens (including phenoxy) is 2. The molecule has 124 valence electrons. The Balaban J connectivity index is 1.82. The Bertz CT molecular complexity index is 590. The smallest absolute Gasteiger partial charge is 0.338 e. The Kier molecular flexibility index (Phi) is 4.37. The van der Waals surface area contributed by atoms with Gasteiger partial charge in [-0.15, -0.1) is 0 Å². The van der Waals surface area contributed by atoms with E-state index in [4.69, 9.17) is 9.47 Å². The minimum Gasteiger partial charge on any atom is -0.469 e. The van der Waals surface area contributed by atoms with Gasteiger partial charge in [-0.05, 0) is 25.6 Å². The number of piperidine rings is 1. The van der Waals surface area contributed by atoms with Gasteiger partial charge in [0.2, 0.25) is 0 Å². The van der Waals surface area contributed by atoms with E-state index in [0.29, 0.717) is 18.4 Å². The SMILES string of the molecule is COC(=O)[C@H]1[C@H]2[C@H](O)C[C@@H](C[C@@H]1OC(=O)c1ccccc1)N2C. The van der Waals surface area contributed by atoms with Gasteiger partial charge >= 0.3 is 11.9 Å². The van der Waals surface area contributed by atoms with E-state index >= 15 is 0 Å². The van der Waals surface area contributed by atoms with Crippen molar-refractivity contribution in [2.45, 2.75) is 37.1 Å². The van der Waals surface area contributed by atoms with Crippen molar-refractivity contribution in [3.8, 4) is 0 Å². The second-order valence-electron chi connectivity index (χ2n) is 6.21. The summed E-state index contributed by atoms with van der Waals surface area (Å²) in [6.45, 7) is 0. The van der Waals surface area contributed by atoms with E-state index in [0.717, 1.165) is 0 Å². The Hall–Kier alpha value is -1.92. The number of likely N-dealkylation sites (N-methyl/N-ethyl adjacent to an activating group) is 1. The van der Waals surface area contributed by atoms with Crippen LogP contribution in [-0.2, 0) is 14.3 Å². The van der Waals surface area contributed by atoms with Crippen LogP contribution < -0.4 is 0 Å². The van der Waals surface area contributed by atoms with Crippen molar-refractivity contribution in [1.29, 1.82) is 0 Å². The minimum atomic E-state index is -0.675. The van der Waals surface area contributed by atoms with Gasteiger partial charge in [-0.1, -0.05) is 18.2 Å². The number of methoxy groups -OCH3 is 1. The molecule has 23 heavy (non-hydrogen) atoms. The number of rotatable bonds is 3. The maximum absolute atomic E-state index is 12.3. The Morgan fingerprint density at radius 2 is 1.91 bits per heavy atom. The average molecular weight is 319 g/mol. The molecular weight excluding hydrogens is 298 g/mol. The summed E-state index contributed by atoms with van der Waals surface area (Å²) < 4.78 is 10.5. The first-order chi connectivity index (χ1) is 11.0. The fourth-order valence-electron chi connectivity index (χ4n) is 3.82. The zero-order valence-corrected chi connectivity index (χ0v) is 13.2. The molecule has 6 nitrogen and oxygen atoms in total. The monoisotopic (exact) mass is 319 g/mol. The molecule has 0 saturated carbocycles. The van der Waals surface area contributed by atoms with Crippen LogP contribution in [0.1, 0.15) is 23.2 Å². The predicted molar refractivity (Wildman–Crippen MR) is 81.7 cm³/mol. The number of carbonyl (C=O) groups is 2. The number of carbonyl (C=O) groups excluding carboxylic acids is 2. The lowest BCUT2D eigenvalue weighted by atomic mass is 9.87. The summed E-state index contributed by atoms with van der Waals surface area (Å²) in [4.78, 5) is 26.5. The molecule has 0 aliphatic carbocycles.